The van der Waals surface area contributed by atoms with Gasteiger partial charge in [-0.15, -0.1) is 0 Å². The Labute approximate surface area is 161 Å². The molecule has 1 heterocycles. The van der Waals surface area contributed by atoms with Crippen LogP contribution in [0, 0.1) is 0 Å². The maximum atomic E-state index is 12.6. The Morgan fingerprint density at radius 2 is 1.75 bits per heavy atom. The highest BCUT2D eigenvalue weighted by atomic mass is 16.5. The Bertz CT molecular complexity index is 940. The zero-order valence-electron chi connectivity index (χ0n) is 15.6. The highest BCUT2D eigenvalue weighted by Crippen LogP contribution is 2.40. The lowest BCUT2D eigenvalue weighted by Crippen LogP contribution is -2.19. The van der Waals surface area contributed by atoms with Gasteiger partial charge in [0, 0.05) is 6.07 Å². The number of carbonyl (C=O) groups is 2. The Morgan fingerprint density at radius 1 is 1.07 bits per heavy atom. The van der Waals surface area contributed by atoms with Gasteiger partial charge in [-0.05, 0) is 35.9 Å². The molecule has 0 unspecified atom stereocenters. The number of methoxy groups -OCH3 is 3. The first-order valence-corrected chi connectivity index (χ1v) is 8.26. The number of Topliss-reactive ketones (excluding diaryl/α,β-unsaturated/α-hetero) is 1. The Balaban J connectivity index is 1.91. The van der Waals surface area contributed by atoms with E-state index in [1.54, 1.807) is 30.3 Å². The predicted molar refractivity (Wildman–Crippen MR) is 100 cm³/mol. The number of ether oxygens (including phenoxy) is 5. The maximum Gasteiger partial charge on any atom is 0.255 e. The van der Waals surface area contributed by atoms with Crippen LogP contribution in [0.15, 0.2) is 36.1 Å². The van der Waals surface area contributed by atoms with Gasteiger partial charge >= 0.3 is 0 Å². The molecular weight excluding hydrogens is 366 g/mol. The minimum atomic E-state index is -0.597. The topological polar surface area (TPSA) is 106 Å². The lowest BCUT2D eigenvalue weighted by Gasteiger charge is -2.13. The molecule has 0 atom stereocenters. The summed E-state index contributed by atoms with van der Waals surface area (Å²) in [5.74, 6) is 1.34. The molecule has 8 nitrogen and oxygen atoms in total. The third-order valence-electron chi connectivity index (χ3n) is 4.01. The van der Waals surface area contributed by atoms with Crippen molar-refractivity contribution in [1.29, 1.82) is 0 Å². The van der Waals surface area contributed by atoms with Crippen molar-refractivity contribution in [3.63, 3.8) is 0 Å². The molecule has 3 rings (SSSR count). The van der Waals surface area contributed by atoms with Crippen molar-refractivity contribution in [3.05, 3.63) is 47.2 Å². The van der Waals surface area contributed by atoms with E-state index >= 15 is 0 Å². The number of ketones is 1. The average molecular weight is 385 g/mol. The van der Waals surface area contributed by atoms with E-state index in [0.29, 0.717) is 39.9 Å². The van der Waals surface area contributed by atoms with Crippen LogP contribution in [0.1, 0.15) is 15.9 Å². The van der Waals surface area contributed by atoms with E-state index in [2.05, 4.69) is 0 Å². The Morgan fingerprint density at radius 3 is 2.32 bits per heavy atom. The Kier molecular flexibility index (Phi) is 5.39. The molecule has 0 aliphatic carbocycles. The predicted octanol–water partition coefficient (Wildman–Crippen LogP) is 2.19. The van der Waals surface area contributed by atoms with Gasteiger partial charge in [0.05, 0.1) is 26.9 Å². The second-order valence-corrected chi connectivity index (χ2v) is 5.81. The number of nitrogens with two attached hydrogens (primary N) is 1. The van der Waals surface area contributed by atoms with Crippen molar-refractivity contribution in [2.24, 2.45) is 5.73 Å². The number of primary amides is 1. The molecule has 2 aromatic carbocycles. The summed E-state index contributed by atoms with van der Waals surface area (Å²) in [6.45, 7) is -0.263. The molecule has 2 N–H and O–H groups in total. The second-order valence-electron chi connectivity index (χ2n) is 5.81. The molecule has 0 bridgehead atoms. The minimum Gasteiger partial charge on any atom is -0.493 e. The number of carbonyl (C=O) groups excluding carboxylic acids is 2. The monoisotopic (exact) mass is 385 g/mol. The van der Waals surface area contributed by atoms with Gasteiger partial charge in [0.2, 0.25) is 11.5 Å². The van der Waals surface area contributed by atoms with E-state index in [-0.39, 0.29) is 18.1 Å². The summed E-state index contributed by atoms with van der Waals surface area (Å²) in [5, 5.41) is 0. The Hall–Kier alpha value is -3.68. The summed E-state index contributed by atoms with van der Waals surface area (Å²) in [6, 6.07) is 8.09. The van der Waals surface area contributed by atoms with Crippen molar-refractivity contribution in [1.82, 2.24) is 0 Å². The standard InChI is InChI=1S/C20H19NO7/c1-24-16-7-11(8-17(25-2)20(16)26-3)6-15-19(23)13-5-4-12(9-14(13)28-15)27-10-18(21)22/h4-9H,10H2,1-3H3,(H2,21,22)/b15-6+. The van der Waals surface area contributed by atoms with Crippen LogP contribution in [-0.4, -0.2) is 39.6 Å². The highest BCUT2D eigenvalue weighted by Gasteiger charge is 2.28. The van der Waals surface area contributed by atoms with Crippen molar-refractivity contribution < 1.29 is 33.3 Å². The van der Waals surface area contributed by atoms with Gasteiger partial charge < -0.3 is 29.4 Å². The van der Waals surface area contributed by atoms with Crippen LogP contribution in [0.2, 0.25) is 0 Å². The van der Waals surface area contributed by atoms with Gasteiger partial charge in [-0.3, -0.25) is 9.59 Å². The van der Waals surface area contributed by atoms with Crippen LogP contribution >= 0.6 is 0 Å². The summed E-state index contributed by atoms with van der Waals surface area (Å²) >= 11 is 0. The van der Waals surface area contributed by atoms with Gasteiger partial charge in [0.15, 0.2) is 23.9 Å². The zero-order chi connectivity index (χ0) is 20.3. The molecule has 146 valence electrons. The van der Waals surface area contributed by atoms with Crippen LogP contribution in [-0.2, 0) is 4.79 Å². The van der Waals surface area contributed by atoms with Gasteiger partial charge in [0.25, 0.3) is 5.91 Å². The van der Waals surface area contributed by atoms with Crippen molar-refractivity contribution in [2.75, 3.05) is 27.9 Å². The summed E-state index contributed by atoms with van der Waals surface area (Å²) in [5.41, 5.74) is 6.09. The smallest absolute Gasteiger partial charge is 0.255 e. The molecule has 2 aromatic rings. The third-order valence-corrected chi connectivity index (χ3v) is 4.01. The van der Waals surface area contributed by atoms with E-state index in [1.807, 2.05) is 0 Å². The third kappa shape index (κ3) is 3.71. The quantitative estimate of drug-likeness (QED) is 0.728. The number of fused-ring (bicyclic) bond motifs is 1. The number of benzene rings is 2. The normalized spacial score (nSPS) is 13.7. The molecular formula is C20H19NO7. The van der Waals surface area contributed by atoms with E-state index < -0.39 is 5.91 Å². The van der Waals surface area contributed by atoms with Crippen LogP contribution in [0.25, 0.3) is 6.08 Å². The van der Waals surface area contributed by atoms with E-state index in [0.717, 1.165) is 0 Å². The van der Waals surface area contributed by atoms with Crippen LogP contribution in [0.4, 0.5) is 0 Å². The first-order valence-electron chi connectivity index (χ1n) is 8.26. The molecule has 0 saturated carbocycles. The molecule has 1 aliphatic rings. The number of hydrogen-bond donors (Lipinski definition) is 1. The van der Waals surface area contributed by atoms with Crippen molar-refractivity contribution in [2.45, 2.75) is 0 Å². The number of rotatable bonds is 7. The molecule has 28 heavy (non-hydrogen) atoms. The van der Waals surface area contributed by atoms with E-state index in [9.17, 15) is 9.59 Å². The van der Waals surface area contributed by atoms with Crippen LogP contribution in [0.3, 0.4) is 0 Å². The summed E-state index contributed by atoms with van der Waals surface area (Å²) in [6.07, 6.45) is 1.58. The fraction of sp³-hybridized carbons (Fsp3) is 0.200. The van der Waals surface area contributed by atoms with E-state index in [4.69, 9.17) is 29.4 Å². The SMILES string of the molecule is COc1cc(/C=C2/Oc3cc(OCC(N)=O)ccc3C2=O)cc(OC)c1OC. The lowest BCUT2D eigenvalue weighted by atomic mass is 10.1. The fourth-order valence-corrected chi connectivity index (χ4v) is 2.75. The summed E-state index contributed by atoms with van der Waals surface area (Å²) in [4.78, 5) is 23.5. The van der Waals surface area contributed by atoms with Crippen LogP contribution in [0.5, 0.6) is 28.7 Å². The largest absolute Gasteiger partial charge is 0.493 e. The van der Waals surface area contributed by atoms with Crippen molar-refractivity contribution >= 4 is 17.8 Å². The number of allylic oxidation sites excluding steroid dienone is 1. The molecule has 1 amide bonds. The maximum absolute atomic E-state index is 12.6. The summed E-state index contributed by atoms with van der Waals surface area (Å²) < 4.78 is 26.8. The molecule has 1 aliphatic heterocycles. The number of amides is 1. The minimum absolute atomic E-state index is 0.135. The molecule has 0 radical (unpaired) electrons. The van der Waals surface area contributed by atoms with Crippen LogP contribution < -0.4 is 29.4 Å². The molecule has 0 spiro atoms. The molecule has 8 heteroatoms. The molecule has 0 fully saturated rings. The fourth-order valence-electron chi connectivity index (χ4n) is 2.75. The molecule has 0 aromatic heterocycles. The summed E-state index contributed by atoms with van der Waals surface area (Å²) in [7, 11) is 4.53. The zero-order valence-corrected chi connectivity index (χ0v) is 15.6. The van der Waals surface area contributed by atoms with Gasteiger partial charge in [-0.1, -0.05) is 0 Å². The second kappa shape index (κ2) is 7.91. The first kappa shape index (κ1) is 19.1. The van der Waals surface area contributed by atoms with Gasteiger partial charge in [0.1, 0.15) is 11.5 Å². The van der Waals surface area contributed by atoms with Gasteiger partial charge in [-0.2, -0.15) is 0 Å². The molecule has 0 saturated heterocycles. The van der Waals surface area contributed by atoms with Gasteiger partial charge in [-0.25, -0.2) is 0 Å². The number of hydrogen-bond acceptors (Lipinski definition) is 7. The average Bonchev–Trinajstić information content (AvgIpc) is 3.00. The lowest BCUT2D eigenvalue weighted by molar-refractivity contribution is -0.119. The first-order chi connectivity index (χ1) is 13.5. The van der Waals surface area contributed by atoms with Crippen molar-refractivity contribution in [3.8, 4) is 28.7 Å². The van der Waals surface area contributed by atoms with E-state index in [1.165, 1.54) is 27.4 Å². The highest BCUT2D eigenvalue weighted by molar-refractivity contribution is 6.14.